The summed E-state index contributed by atoms with van der Waals surface area (Å²) in [6, 6.07) is -0.0473. The van der Waals surface area contributed by atoms with Crippen LogP contribution in [0.1, 0.15) is 26.2 Å². The van der Waals surface area contributed by atoms with E-state index >= 15 is 0 Å². The van der Waals surface area contributed by atoms with Crippen molar-refractivity contribution in [3.05, 3.63) is 0 Å². The van der Waals surface area contributed by atoms with Crippen LogP contribution in [0.25, 0.3) is 0 Å². The second-order valence-corrected chi connectivity index (χ2v) is 6.15. The normalized spacial score (nSPS) is 29.3. The van der Waals surface area contributed by atoms with Gasteiger partial charge in [0.1, 0.15) is 0 Å². The molecule has 1 aliphatic rings. The van der Waals surface area contributed by atoms with Gasteiger partial charge in [-0.05, 0) is 26.2 Å². The van der Waals surface area contributed by atoms with Crippen LogP contribution < -0.4 is 4.72 Å². The number of methoxy groups -OCH3 is 1. The van der Waals surface area contributed by atoms with E-state index in [1.807, 2.05) is 0 Å². The molecule has 15 heavy (non-hydrogen) atoms. The number of hydrogen-bond acceptors (Lipinski definition) is 4. The summed E-state index contributed by atoms with van der Waals surface area (Å²) in [5.41, 5.74) is 0. The van der Waals surface area contributed by atoms with Crippen molar-refractivity contribution >= 4 is 10.0 Å². The van der Waals surface area contributed by atoms with E-state index in [0.717, 1.165) is 12.8 Å². The van der Waals surface area contributed by atoms with E-state index in [0.29, 0.717) is 6.42 Å². The third-order valence-corrected chi connectivity index (χ3v) is 4.71. The molecule has 1 rings (SSSR count). The summed E-state index contributed by atoms with van der Waals surface area (Å²) in [7, 11) is -1.74. The Kier molecular flexibility index (Phi) is 4.51. The van der Waals surface area contributed by atoms with Crippen LogP contribution in [0.5, 0.6) is 0 Å². The van der Waals surface area contributed by atoms with Gasteiger partial charge in [-0.15, -0.1) is 0 Å². The predicted molar refractivity (Wildman–Crippen MR) is 57.0 cm³/mol. The van der Waals surface area contributed by atoms with Gasteiger partial charge in [0.15, 0.2) is 0 Å². The molecule has 1 saturated carbocycles. The van der Waals surface area contributed by atoms with Gasteiger partial charge in [0.2, 0.25) is 10.0 Å². The molecule has 0 bridgehead atoms. The van der Waals surface area contributed by atoms with Gasteiger partial charge >= 0.3 is 0 Å². The lowest BCUT2D eigenvalue weighted by atomic mass is 10.3. The number of aliphatic hydroxyl groups excluding tert-OH is 1. The molecule has 90 valence electrons. The van der Waals surface area contributed by atoms with Crippen LogP contribution in [0.2, 0.25) is 0 Å². The number of sulfonamides is 1. The van der Waals surface area contributed by atoms with Crippen LogP contribution in [0.3, 0.4) is 0 Å². The number of rotatable bonds is 5. The van der Waals surface area contributed by atoms with Crippen LogP contribution in [0.15, 0.2) is 0 Å². The highest BCUT2D eigenvalue weighted by Gasteiger charge is 2.30. The van der Waals surface area contributed by atoms with Crippen molar-refractivity contribution in [1.82, 2.24) is 4.72 Å². The van der Waals surface area contributed by atoms with Gasteiger partial charge in [0, 0.05) is 13.2 Å². The van der Waals surface area contributed by atoms with Gasteiger partial charge in [-0.25, -0.2) is 13.1 Å². The molecule has 0 radical (unpaired) electrons. The van der Waals surface area contributed by atoms with Crippen LogP contribution in [0.4, 0.5) is 0 Å². The van der Waals surface area contributed by atoms with Crippen molar-refractivity contribution in [3.63, 3.8) is 0 Å². The average Bonchev–Trinajstić information content (AvgIpc) is 2.63. The summed E-state index contributed by atoms with van der Waals surface area (Å²) < 4.78 is 31.0. The fourth-order valence-electron chi connectivity index (χ4n) is 1.71. The summed E-state index contributed by atoms with van der Waals surface area (Å²) >= 11 is 0. The van der Waals surface area contributed by atoms with E-state index in [4.69, 9.17) is 9.84 Å². The standard InChI is InChI=1S/C9H19NO4S/c1-7(6-11)15(12,13)10-8-3-4-9(5-8)14-2/h7-11H,3-6H2,1-2H3. The first-order chi connectivity index (χ1) is 6.99. The number of nitrogens with one attached hydrogen (secondary N) is 1. The predicted octanol–water partition coefficient (Wildman–Crippen LogP) is -0.146. The Bertz CT molecular complexity index is 290. The van der Waals surface area contributed by atoms with Gasteiger partial charge in [-0.3, -0.25) is 0 Å². The summed E-state index contributed by atoms with van der Waals surface area (Å²) in [6.45, 7) is 1.14. The first-order valence-electron chi connectivity index (χ1n) is 5.14. The molecule has 3 unspecified atom stereocenters. The minimum absolute atomic E-state index is 0.0473. The summed E-state index contributed by atoms with van der Waals surface area (Å²) in [4.78, 5) is 0. The van der Waals surface area contributed by atoms with Crippen molar-refractivity contribution < 1.29 is 18.3 Å². The van der Waals surface area contributed by atoms with Gasteiger partial charge in [0.25, 0.3) is 0 Å². The molecule has 2 N–H and O–H groups in total. The fourth-order valence-corrected chi connectivity index (χ4v) is 2.82. The molecular formula is C9H19NO4S. The van der Waals surface area contributed by atoms with Gasteiger partial charge in [-0.2, -0.15) is 0 Å². The third-order valence-electron chi connectivity index (χ3n) is 2.84. The Balaban J connectivity index is 2.49. The minimum Gasteiger partial charge on any atom is -0.395 e. The highest BCUT2D eigenvalue weighted by molar-refractivity contribution is 7.90. The summed E-state index contributed by atoms with van der Waals surface area (Å²) in [5.74, 6) is 0. The Morgan fingerprint density at radius 3 is 2.67 bits per heavy atom. The smallest absolute Gasteiger partial charge is 0.216 e. The molecule has 1 aliphatic carbocycles. The molecule has 0 aromatic rings. The Labute approximate surface area is 90.9 Å². The van der Waals surface area contributed by atoms with Crippen molar-refractivity contribution in [1.29, 1.82) is 0 Å². The lowest BCUT2D eigenvalue weighted by Gasteiger charge is -2.16. The molecule has 0 heterocycles. The van der Waals surface area contributed by atoms with E-state index in [-0.39, 0.29) is 18.8 Å². The molecule has 0 aromatic carbocycles. The van der Waals surface area contributed by atoms with Crippen LogP contribution >= 0.6 is 0 Å². The molecule has 0 saturated heterocycles. The Morgan fingerprint density at radius 2 is 2.20 bits per heavy atom. The molecule has 0 aromatic heterocycles. The zero-order valence-electron chi connectivity index (χ0n) is 9.14. The molecule has 1 fully saturated rings. The van der Waals surface area contributed by atoms with E-state index < -0.39 is 15.3 Å². The molecule has 0 aliphatic heterocycles. The maximum atomic E-state index is 11.6. The zero-order valence-corrected chi connectivity index (χ0v) is 9.96. The number of ether oxygens (including phenoxy) is 1. The Morgan fingerprint density at radius 1 is 1.53 bits per heavy atom. The Hall–Kier alpha value is -0.170. The van der Waals surface area contributed by atoms with Crippen molar-refractivity contribution in [2.24, 2.45) is 0 Å². The molecule has 5 nitrogen and oxygen atoms in total. The van der Waals surface area contributed by atoms with Crippen LogP contribution in [-0.4, -0.2) is 44.6 Å². The number of hydrogen-bond donors (Lipinski definition) is 2. The lowest BCUT2D eigenvalue weighted by Crippen LogP contribution is -2.40. The molecule has 0 amide bonds. The maximum absolute atomic E-state index is 11.6. The minimum atomic E-state index is -3.38. The molecule has 0 spiro atoms. The first-order valence-corrected chi connectivity index (χ1v) is 6.69. The lowest BCUT2D eigenvalue weighted by molar-refractivity contribution is 0.107. The largest absolute Gasteiger partial charge is 0.395 e. The molecular weight excluding hydrogens is 218 g/mol. The van der Waals surface area contributed by atoms with E-state index in [1.54, 1.807) is 7.11 Å². The van der Waals surface area contributed by atoms with Crippen LogP contribution in [0, 0.1) is 0 Å². The topological polar surface area (TPSA) is 75.6 Å². The monoisotopic (exact) mass is 237 g/mol. The molecule has 6 heteroatoms. The quantitative estimate of drug-likeness (QED) is 0.697. The second kappa shape index (κ2) is 5.25. The van der Waals surface area contributed by atoms with Gasteiger partial charge in [0.05, 0.1) is 18.0 Å². The average molecular weight is 237 g/mol. The van der Waals surface area contributed by atoms with Gasteiger partial charge in [-0.1, -0.05) is 0 Å². The van der Waals surface area contributed by atoms with E-state index in [2.05, 4.69) is 4.72 Å². The van der Waals surface area contributed by atoms with E-state index in [1.165, 1.54) is 6.92 Å². The summed E-state index contributed by atoms with van der Waals surface area (Å²) in [6.07, 6.45) is 2.56. The van der Waals surface area contributed by atoms with Gasteiger partial charge < -0.3 is 9.84 Å². The zero-order chi connectivity index (χ0) is 11.5. The highest BCUT2D eigenvalue weighted by atomic mass is 32.2. The van der Waals surface area contributed by atoms with Crippen molar-refractivity contribution in [2.45, 2.75) is 43.6 Å². The highest BCUT2D eigenvalue weighted by Crippen LogP contribution is 2.22. The summed E-state index contributed by atoms with van der Waals surface area (Å²) in [5, 5.41) is 8.05. The second-order valence-electron chi connectivity index (χ2n) is 4.02. The van der Waals surface area contributed by atoms with Crippen molar-refractivity contribution in [3.8, 4) is 0 Å². The molecule has 3 atom stereocenters. The number of aliphatic hydroxyl groups is 1. The first kappa shape index (κ1) is 12.9. The van der Waals surface area contributed by atoms with Crippen LogP contribution in [-0.2, 0) is 14.8 Å². The van der Waals surface area contributed by atoms with E-state index in [9.17, 15) is 8.42 Å². The van der Waals surface area contributed by atoms with Crippen molar-refractivity contribution in [2.75, 3.05) is 13.7 Å². The third kappa shape index (κ3) is 3.41. The fraction of sp³-hybridized carbons (Fsp3) is 1.00. The SMILES string of the molecule is COC1CCC(NS(=O)(=O)C(C)CO)C1. The maximum Gasteiger partial charge on any atom is 0.216 e.